The number of esters is 1. The maximum Gasteiger partial charge on any atom is 0.328 e. The van der Waals surface area contributed by atoms with Gasteiger partial charge in [-0.3, -0.25) is 4.79 Å². The molecule has 1 aromatic rings. The summed E-state index contributed by atoms with van der Waals surface area (Å²) in [7, 11) is 1.23. The Morgan fingerprint density at radius 3 is 2.33 bits per heavy atom. The lowest BCUT2D eigenvalue weighted by atomic mass is 9.89. The summed E-state index contributed by atoms with van der Waals surface area (Å²) in [6.45, 7) is 5.44. The van der Waals surface area contributed by atoms with E-state index in [1.807, 2.05) is 19.1 Å². The van der Waals surface area contributed by atoms with Crippen molar-refractivity contribution >= 4 is 23.6 Å². The predicted molar refractivity (Wildman–Crippen MR) is 111 cm³/mol. The lowest BCUT2D eigenvalue weighted by Crippen LogP contribution is -2.53. The Morgan fingerprint density at radius 2 is 1.77 bits per heavy atom. The van der Waals surface area contributed by atoms with Gasteiger partial charge in [0.25, 0.3) is 0 Å². The number of urea groups is 1. The van der Waals surface area contributed by atoms with Crippen LogP contribution in [0, 0.1) is 12.8 Å². The molecular weight excluding hydrogens is 390 g/mol. The second-order valence-corrected chi connectivity index (χ2v) is 7.66. The van der Waals surface area contributed by atoms with Crippen molar-refractivity contribution in [3.63, 3.8) is 0 Å². The third-order valence-electron chi connectivity index (χ3n) is 4.88. The summed E-state index contributed by atoms with van der Waals surface area (Å²) in [5.74, 6) is -1.37. The van der Waals surface area contributed by atoms with Gasteiger partial charge in [-0.05, 0) is 25.0 Å². The Balaban J connectivity index is 2.10. The van der Waals surface area contributed by atoms with Gasteiger partial charge in [0.05, 0.1) is 19.3 Å². The number of nitrogens with one attached hydrogen (secondary N) is 3. The van der Waals surface area contributed by atoms with Crippen LogP contribution in [0.3, 0.4) is 0 Å². The monoisotopic (exact) mass is 419 g/mol. The quantitative estimate of drug-likeness (QED) is 0.434. The summed E-state index contributed by atoms with van der Waals surface area (Å²) in [6.07, 6.45) is -1.27. The van der Waals surface area contributed by atoms with Crippen LogP contribution >= 0.6 is 0 Å². The van der Waals surface area contributed by atoms with Crippen molar-refractivity contribution in [3.05, 3.63) is 41.5 Å². The van der Waals surface area contributed by atoms with E-state index in [9.17, 15) is 24.6 Å². The van der Waals surface area contributed by atoms with E-state index in [2.05, 4.69) is 16.0 Å². The molecule has 30 heavy (non-hydrogen) atoms. The van der Waals surface area contributed by atoms with Crippen LogP contribution in [0.15, 0.2) is 35.9 Å². The van der Waals surface area contributed by atoms with Crippen LogP contribution in [0.25, 0.3) is 0 Å². The highest BCUT2D eigenvalue weighted by molar-refractivity contribution is 5.97. The van der Waals surface area contributed by atoms with Gasteiger partial charge in [0.1, 0.15) is 12.1 Å². The Morgan fingerprint density at radius 1 is 1.13 bits per heavy atom. The van der Waals surface area contributed by atoms with Crippen molar-refractivity contribution < 1.29 is 29.3 Å². The number of ether oxygens (including phenoxy) is 1. The number of aryl methyl sites for hydroxylation is 1. The van der Waals surface area contributed by atoms with E-state index in [-0.39, 0.29) is 17.9 Å². The lowest BCUT2D eigenvalue weighted by molar-refractivity contribution is -0.146. The van der Waals surface area contributed by atoms with Crippen LogP contribution in [-0.4, -0.2) is 59.5 Å². The minimum absolute atomic E-state index is 0.114. The molecular formula is C21H29N3O6. The van der Waals surface area contributed by atoms with Crippen molar-refractivity contribution in [1.82, 2.24) is 10.6 Å². The van der Waals surface area contributed by atoms with E-state index in [0.29, 0.717) is 5.69 Å². The van der Waals surface area contributed by atoms with Gasteiger partial charge in [-0.1, -0.05) is 37.6 Å². The number of carbonyl (C=O) groups is 3. The highest BCUT2D eigenvalue weighted by Crippen LogP contribution is 2.21. The highest BCUT2D eigenvalue weighted by Gasteiger charge is 2.35. The molecule has 0 aliphatic heterocycles. The lowest BCUT2D eigenvalue weighted by Gasteiger charge is -2.31. The van der Waals surface area contributed by atoms with E-state index >= 15 is 0 Å². The third kappa shape index (κ3) is 6.04. The molecule has 9 nitrogen and oxygen atoms in total. The van der Waals surface area contributed by atoms with Crippen molar-refractivity contribution in [1.29, 1.82) is 0 Å². The molecule has 3 amide bonds. The van der Waals surface area contributed by atoms with Crippen molar-refractivity contribution in [2.45, 2.75) is 51.5 Å². The van der Waals surface area contributed by atoms with Crippen molar-refractivity contribution in [3.8, 4) is 0 Å². The fraction of sp³-hybridized carbons (Fsp3) is 0.476. The second kappa shape index (κ2) is 10.2. The standard InChI is InChI=1S/C21H29N3O6/c1-11(2)17(20(28)30-4)24-19(27)13-9-15(18(26)16(25)10-13)23-21(29)22-14-7-5-12(3)6-8-14/h5-9,11,15-18,25-26H,10H2,1-4H3,(H,24,27)(H2,22,23,29). The van der Waals surface area contributed by atoms with Crippen molar-refractivity contribution in [2.75, 3.05) is 12.4 Å². The number of aliphatic hydroxyl groups excluding tert-OH is 2. The van der Waals surface area contributed by atoms with Crippen LogP contribution in [0.5, 0.6) is 0 Å². The van der Waals surface area contributed by atoms with Crippen LogP contribution < -0.4 is 16.0 Å². The van der Waals surface area contributed by atoms with Gasteiger partial charge in [-0.15, -0.1) is 0 Å². The minimum Gasteiger partial charge on any atom is -0.467 e. The molecule has 4 unspecified atom stereocenters. The largest absolute Gasteiger partial charge is 0.467 e. The fourth-order valence-electron chi connectivity index (χ4n) is 3.08. The van der Waals surface area contributed by atoms with Gasteiger partial charge < -0.3 is 30.9 Å². The van der Waals surface area contributed by atoms with E-state index in [1.165, 1.54) is 13.2 Å². The Hall–Kier alpha value is -2.91. The van der Waals surface area contributed by atoms with Gasteiger partial charge in [0.15, 0.2) is 0 Å². The molecule has 0 saturated carbocycles. The maximum atomic E-state index is 12.6. The molecule has 0 bridgehead atoms. The molecule has 0 saturated heterocycles. The molecule has 0 spiro atoms. The number of amides is 3. The average molecular weight is 419 g/mol. The molecule has 4 atom stereocenters. The molecule has 1 aliphatic rings. The molecule has 164 valence electrons. The number of hydrogen-bond donors (Lipinski definition) is 5. The molecule has 0 heterocycles. The van der Waals surface area contributed by atoms with E-state index in [0.717, 1.165) is 5.56 Å². The highest BCUT2D eigenvalue weighted by atomic mass is 16.5. The van der Waals surface area contributed by atoms with Gasteiger partial charge in [-0.2, -0.15) is 0 Å². The maximum absolute atomic E-state index is 12.6. The predicted octanol–water partition coefficient (Wildman–Crippen LogP) is 0.851. The van der Waals surface area contributed by atoms with Crippen LogP contribution in [0.2, 0.25) is 0 Å². The summed E-state index contributed by atoms with van der Waals surface area (Å²) >= 11 is 0. The number of anilines is 1. The second-order valence-electron chi connectivity index (χ2n) is 7.66. The molecule has 0 fully saturated rings. The first-order valence-electron chi connectivity index (χ1n) is 9.72. The first-order chi connectivity index (χ1) is 14.1. The molecule has 0 radical (unpaired) electrons. The number of rotatable bonds is 6. The zero-order chi connectivity index (χ0) is 22.4. The van der Waals surface area contributed by atoms with Gasteiger partial charge in [0.2, 0.25) is 5.91 Å². The van der Waals surface area contributed by atoms with E-state index in [1.54, 1.807) is 26.0 Å². The molecule has 5 N–H and O–H groups in total. The van der Waals surface area contributed by atoms with Gasteiger partial charge in [-0.25, -0.2) is 9.59 Å². The first-order valence-corrected chi connectivity index (χ1v) is 9.72. The first kappa shape index (κ1) is 23.4. The third-order valence-corrected chi connectivity index (χ3v) is 4.88. The number of methoxy groups -OCH3 is 1. The normalized spacial score (nSPS) is 22.0. The Bertz CT molecular complexity index is 805. The summed E-state index contributed by atoms with van der Waals surface area (Å²) in [5, 5.41) is 28.2. The molecule has 1 aromatic carbocycles. The Kier molecular flexibility index (Phi) is 7.96. The van der Waals surface area contributed by atoms with Crippen LogP contribution in [0.4, 0.5) is 10.5 Å². The molecule has 0 aromatic heterocycles. The van der Waals surface area contributed by atoms with Crippen LogP contribution in [0.1, 0.15) is 25.8 Å². The van der Waals surface area contributed by atoms with Gasteiger partial charge >= 0.3 is 12.0 Å². The van der Waals surface area contributed by atoms with Crippen LogP contribution in [-0.2, 0) is 14.3 Å². The summed E-state index contributed by atoms with van der Waals surface area (Å²) in [6, 6.07) is 4.69. The number of carbonyl (C=O) groups excluding carboxylic acids is 3. The summed E-state index contributed by atoms with van der Waals surface area (Å²) in [5.41, 5.74) is 1.75. The zero-order valence-electron chi connectivity index (χ0n) is 17.5. The zero-order valence-corrected chi connectivity index (χ0v) is 17.5. The SMILES string of the molecule is COC(=O)C(NC(=O)C1=CC(NC(=O)Nc2ccc(C)cc2)C(O)C(O)C1)C(C)C. The Labute approximate surface area is 175 Å². The minimum atomic E-state index is -1.29. The van der Waals surface area contributed by atoms with E-state index < -0.39 is 42.2 Å². The summed E-state index contributed by atoms with van der Waals surface area (Å²) in [4.78, 5) is 36.8. The number of benzene rings is 1. The molecule has 1 aliphatic carbocycles. The summed E-state index contributed by atoms with van der Waals surface area (Å²) < 4.78 is 4.71. The molecule has 2 rings (SSSR count). The number of hydrogen-bond acceptors (Lipinski definition) is 6. The number of aliphatic hydroxyl groups is 2. The fourth-order valence-corrected chi connectivity index (χ4v) is 3.08. The molecule has 9 heteroatoms. The van der Waals surface area contributed by atoms with E-state index in [4.69, 9.17) is 4.74 Å². The van der Waals surface area contributed by atoms with Crippen molar-refractivity contribution in [2.24, 2.45) is 5.92 Å². The smallest absolute Gasteiger partial charge is 0.328 e. The topological polar surface area (TPSA) is 137 Å². The van der Waals surface area contributed by atoms with Gasteiger partial charge in [0, 0.05) is 17.7 Å². The average Bonchev–Trinajstić information content (AvgIpc) is 2.70.